The molecule has 0 aliphatic carbocycles. The Bertz CT molecular complexity index is 612. The molecule has 0 aliphatic heterocycles. The lowest BCUT2D eigenvalue weighted by atomic mass is 10.3. The lowest BCUT2D eigenvalue weighted by Gasteiger charge is -2.11. The first-order valence-corrected chi connectivity index (χ1v) is 6.94. The van der Waals surface area contributed by atoms with Crippen molar-refractivity contribution in [2.75, 3.05) is 19.0 Å². The molecule has 0 unspecified atom stereocenters. The van der Waals surface area contributed by atoms with E-state index in [0.29, 0.717) is 18.0 Å². The van der Waals surface area contributed by atoms with Crippen LogP contribution in [0.3, 0.4) is 0 Å². The van der Waals surface area contributed by atoms with Gasteiger partial charge in [0.25, 0.3) is 0 Å². The fraction of sp³-hybridized carbons (Fsp3) is 0.250. The summed E-state index contributed by atoms with van der Waals surface area (Å²) in [6, 6.07) is 5.70. The number of hydrogen-bond donors (Lipinski definition) is 1. The number of rotatable bonds is 5. The molecule has 1 N–H and O–H groups in total. The molecule has 0 fully saturated rings. The average Bonchev–Trinajstić information content (AvgIpc) is 2.38. The molecular formula is C12H12BrClN4O2. The van der Waals surface area contributed by atoms with Crippen LogP contribution in [0.15, 0.2) is 22.7 Å². The van der Waals surface area contributed by atoms with Gasteiger partial charge in [0.15, 0.2) is 0 Å². The van der Waals surface area contributed by atoms with Crippen LogP contribution < -0.4 is 14.8 Å². The highest BCUT2D eigenvalue weighted by molar-refractivity contribution is 9.10. The molecule has 0 amide bonds. The molecule has 1 aromatic carbocycles. The first kappa shape index (κ1) is 14.8. The van der Waals surface area contributed by atoms with Crippen LogP contribution >= 0.6 is 27.5 Å². The number of anilines is 2. The molecule has 106 valence electrons. The van der Waals surface area contributed by atoms with Crippen molar-refractivity contribution in [2.24, 2.45) is 0 Å². The summed E-state index contributed by atoms with van der Waals surface area (Å²) in [6.45, 7) is 2.28. The summed E-state index contributed by atoms with van der Waals surface area (Å²) in [4.78, 5) is 12.0. The Labute approximate surface area is 129 Å². The van der Waals surface area contributed by atoms with Gasteiger partial charge in [-0.25, -0.2) is 0 Å². The molecule has 1 aromatic heterocycles. The summed E-state index contributed by atoms with van der Waals surface area (Å²) in [7, 11) is 1.58. The van der Waals surface area contributed by atoms with Crippen LogP contribution in [-0.4, -0.2) is 28.7 Å². The largest absolute Gasteiger partial charge is 0.495 e. The van der Waals surface area contributed by atoms with E-state index in [0.717, 1.165) is 4.47 Å². The maximum Gasteiger partial charge on any atom is 0.322 e. The van der Waals surface area contributed by atoms with Crippen molar-refractivity contribution < 1.29 is 9.47 Å². The molecule has 0 saturated carbocycles. The standard InChI is InChI=1S/C12H12BrClN4O2/c1-3-20-12-17-10(14)16-11(18-12)15-8-6-7(13)4-5-9(8)19-2/h4-6H,3H2,1-2H3,(H,15,16,17,18). The topological polar surface area (TPSA) is 69.2 Å². The lowest BCUT2D eigenvalue weighted by Crippen LogP contribution is -2.04. The third-order valence-electron chi connectivity index (χ3n) is 2.27. The molecule has 0 radical (unpaired) electrons. The van der Waals surface area contributed by atoms with Gasteiger partial charge in [0, 0.05) is 4.47 Å². The number of ether oxygens (including phenoxy) is 2. The van der Waals surface area contributed by atoms with Gasteiger partial charge in [-0.3, -0.25) is 0 Å². The van der Waals surface area contributed by atoms with Crippen LogP contribution in [0.5, 0.6) is 11.8 Å². The van der Waals surface area contributed by atoms with E-state index < -0.39 is 0 Å². The molecule has 0 bridgehead atoms. The molecule has 20 heavy (non-hydrogen) atoms. The summed E-state index contributed by atoms with van der Waals surface area (Å²) in [6.07, 6.45) is 0. The normalized spacial score (nSPS) is 10.2. The van der Waals surface area contributed by atoms with E-state index in [2.05, 4.69) is 36.2 Å². The summed E-state index contributed by atoms with van der Waals surface area (Å²) >= 11 is 9.23. The van der Waals surface area contributed by atoms with Gasteiger partial charge in [-0.15, -0.1) is 0 Å². The van der Waals surface area contributed by atoms with Crippen LogP contribution in [0, 0.1) is 0 Å². The van der Waals surface area contributed by atoms with E-state index in [1.54, 1.807) is 7.11 Å². The summed E-state index contributed by atoms with van der Waals surface area (Å²) in [5.74, 6) is 0.938. The summed E-state index contributed by atoms with van der Waals surface area (Å²) < 4.78 is 11.4. The van der Waals surface area contributed by atoms with Crippen molar-refractivity contribution in [3.8, 4) is 11.8 Å². The number of benzene rings is 1. The SMILES string of the molecule is CCOc1nc(Cl)nc(Nc2cc(Br)ccc2OC)n1. The number of halogens is 2. The number of hydrogen-bond acceptors (Lipinski definition) is 6. The van der Waals surface area contributed by atoms with Crippen LogP contribution in [0.1, 0.15) is 6.92 Å². The quantitative estimate of drug-likeness (QED) is 0.882. The van der Waals surface area contributed by atoms with Crippen molar-refractivity contribution in [1.29, 1.82) is 0 Å². The highest BCUT2D eigenvalue weighted by Crippen LogP contribution is 2.30. The zero-order valence-electron chi connectivity index (χ0n) is 10.9. The third-order valence-corrected chi connectivity index (χ3v) is 2.93. The van der Waals surface area contributed by atoms with Gasteiger partial charge in [-0.2, -0.15) is 15.0 Å². The van der Waals surface area contributed by atoms with E-state index in [1.165, 1.54) is 0 Å². The first-order chi connectivity index (χ1) is 9.62. The molecule has 2 aromatic rings. The Kier molecular flexibility index (Phi) is 4.97. The number of methoxy groups -OCH3 is 1. The van der Waals surface area contributed by atoms with Gasteiger partial charge in [0.05, 0.1) is 19.4 Å². The third kappa shape index (κ3) is 3.71. The number of aromatic nitrogens is 3. The van der Waals surface area contributed by atoms with E-state index in [1.807, 2.05) is 25.1 Å². The number of nitrogens with one attached hydrogen (secondary N) is 1. The Morgan fingerprint density at radius 1 is 1.30 bits per heavy atom. The van der Waals surface area contributed by atoms with Crippen molar-refractivity contribution >= 4 is 39.2 Å². The van der Waals surface area contributed by atoms with Crippen molar-refractivity contribution in [3.05, 3.63) is 28.0 Å². The maximum atomic E-state index is 5.83. The van der Waals surface area contributed by atoms with Crippen molar-refractivity contribution in [2.45, 2.75) is 6.92 Å². The molecule has 0 atom stereocenters. The van der Waals surface area contributed by atoms with Crippen LogP contribution in [0.25, 0.3) is 0 Å². The van der Waals surface area contributed by atoms with Crippen LogP contribution in [0.4, 0.5) is 11.6 Å². The fourth-order valence-electron chi connectivity index (χ4n) is 1.48. The Morgan fingerprint density at radius 2 is 2.10 bits per heavy atom. The van der Waals surface area contributed by atoms with E-state index in [-0.39, 0.29) is 17.2 Å². The molecule has 0 spiro atoms. The second-order valence-corrected chi connectivity index (χ2v) is 4.87. The molecule has 6 nitrogen and oxygen atoms in total. The second kappa shape index (κ2) is 6.71. The Balaban J connectivity index is 2.31. The fourth-order valence-corrected chi connectivity index (χ4v) is 1.99. The highest BCUT2D eigenvalue weighted by atomic mass is 79.9. The molecule has 0 saturated heterocycles. The van der Waals surface area contributed by atoms with Crippen molar-refractivity contribution in [3.63, 3.8) is 0 Å². The van der Waals surface area contributed by atoms with Gasteiger partial charge in [0.2, 0.25) is 11.2 Å². The predicted octanol–water partition coefficient (Wildman–Crippen LogP) is 3.44. The van der Waals surface area contributed by atoms with Gasteiger partial charge in [0.1, 0.15) is 5.75 Å². The monoisotopic (exact) mass is 358 g/mol. The lowest BCUT2D eigenvalue weighted by molar-refractivity contribution is 0.312. The highest BCUT2D eigenvalue weighted by Gasteiger charge is 2.09. The van der Waals surface area contributed by atoms with Gasteiger partial charge < -0.3 is 14.8 Å². The van der Waals surface area contributed by atoms with Crippen molar-refractivity contribution in [1.82, 2.24) is 15.0 Å². The van der Waals surface area contributed by atoms with E-state index in [4.69, 9.17) is 21.1 Å². The van der Waals surface area contributed by atoms with E-state index >= 15 is 0 Å². The van der Waals surface area contributed by atoms with E-state index in [9.17, 15) is 0 Å². The minimum Gasteiger partial charge on any atom is -0.495 e. The second-order valence-electron chi connectivity index (χ2n) is 3.61. The predicted molar refractivity (Wildman–Crippen MR) is 80.0 cm³/mol. The first-order valence-electron chi connectivity index (χ1n) is 5.77. The zero-order chi connectivity index (χ0) is 14.5. The van der Waals surface area contributed by atoms with Crippen LogP contribution in [0.2, 0.25) is 5.28 Å². The molecule has 1 heterocycles. The Morgan fingerprint density at radius 3 is 2.80 bits per heavy atom. The number of nitrogens with zero attached hydrogens (tertiary/aromatic N) is 3. The van der Waals surface area contributed by atoms with Gasteiger partial charge >= 0.3 is 6.01 Å². The maximum absolute atomic E-state index is 5.83. The van der Waals surface area contributed by atoms with Gasteiger partial charge in [-0.05, 0) is 36.7 Å². The van der Waals surface area contributed by atoms with Crippen LogP contribution in [-0.2, 0) is 0 Å². The smallest absolute Gasteiger partial charge is 0.322 e. The molecule has 2 rings (SSSR count). The minimum absolute atomic E-state index is 0.0555. The minimum atomic E-state index is 0.0555. The van der Waals surface area contributed by atoms with Gasteiger partial charge in [-0.1, -0.05) is 15.9 Å². The molecule has 8 heteroatoms. The summed E-state index contributed by atoms with van der Waals surface area (Å²) in [5.41, 5.74) is 0.701. The molecule has 0 aliphatic rings. The summed E-state index contributed by atoms with van der Waals surface area (Å²) in [5, 5.41) is 3.08. The average molecular weight is 360 g/mol. The Hall–Kier alpha value is -1.60. The zero-order valence-corrected chi connectivity index (χ0v) is 13.2. The molecular weight excluding hydrogens is 348 g/mol.